The first-order valence-corrected chi connectivity index (χ1v) is 7.19. The maximum atomic E-state index is 11.9. The highest BCUT2D eigenvalue weighted by Crippen LogP contribution is 2.28. The first-order valence-electron chi connectivity index (χ1n) is 6.40. The van der Waals surface area contributed by atoms with Crippen molar-refractivity contribution in [2.45, 2.75) is 6.92 Å². The molecule has 22 heavy (non-hydrogen) atoms. The highest BCUT2D eigenvalue weighted by molar-refractivity contribution is 9.10. The van der Waals surface area contributed by atoms with Gasteiger partial charge in [-0.05, 0) is 64.8 Å². The topological polar surface area (TPSA) is 61.7 Å². The summed E-state index contributed by atoms with van der Waals surface area (Å²) in [6, 6.07) is 10.2. The molecule has 0 radical (unpaired) electrons. The Balaban J connectivity index is 2.09. The van der Waals surface area contributed by atoms with Crippen LogP contribution in [0.2, 0.25) is 0 Å². The van der Waals surface area contributed by atoms with Gasteiger partial charge < -0.3 is 5.11 Å². The Bertz CT molecular complexity index is 774. The summed E-state index contributed by atoms with van der Waals surface area (Å²) >= 11 is 3.25. The summed E-state index contributed by atoms with van der Waals surface area (Å²) < 4.78 is 0.574. The van der Waals surface area contributed by atoms with E-state index in [1.807, 2.05) is 6.92 Å². The second-order valence-electron chi connectivity index (χ2n) is 4.61. The molecule has 4 nitrogen and oxygen atoms in total. The summed E-state index contributed by atoms with van der Waals surface area (Å²) in [5.41, 5.74) is 5.03. The molecule has 0 spiro atoms. The highest BCUT2D eigenvalue weighted by Gasteiger charge is 2.06. The Morgan fingerprint density at radius 2 is 2.05 bits per heavy atom. The summed E-state index contributed by atoms with van der Waals surface area (Å²) in [6.45, 7) is 1.90. The van der Waals surface area contributed by atoms with Crippen LogP contribution in [0.4, 0.5) is 0 Å². The number of phenolic OH excluding ortho intramolecular Hbond substituents is 1. The average molecular weight is 357 g/mol. The van der Waals surface area contributed by atoms with Gasteiger partial charge in [-0.15, -0.1) is 6.42 Å². The van der Waals surface area contributed by atoms with Crippen molar-refractivity contribution in [3.05, 3.63) is 63.1 Å². The highest BCUT2D eigenvalue weighted by atomic mass is 79.9. The van der Waals surface area contributed by atoms with E-state index in [1.165, 1.54) is 6.21 Å². The SMILES string of the molecule is C#Cc1ccc(C(=O)N/N=C/c2cc(C)cc(Br)c2O)cc1. The lowest BCUT2D eigenvalue weighted by Crippen LogP contribution is -2.17. The van der Waals surface area contributed by atoms with Crippen molar-refractivity contribution in [1.29, 1.82) is 0 Å². The molecule has 0 atom stereocenters. The molecule has 2 rings (SSSR count). The van der Waals surface area contributed by atoms with Gasteiger partial charge in [0.2, 0.25) is 0 Å². The van der Waals surface area contributed by atoms with Crippen LogP contribution >= 0.6 is 15.9 Å². The van der Waals surface area contributed by atoms with Crippen molar-refractivity contribution in [1.82, 2.24) is 5.43 Å². The van der Waals surface area contributed by atoms with Gasteiger partial charge in [0.05, 0.1) is 10.7 Å². The zero-order chi connectivity index (χ0) is 16.1. The lowest BCUT2D eigenvalue weighted by Gasteiger charge is -2.04. The number of halogens is 1. The largest absolute Gasteiger partial charge is 0.506 e. The first-order chi connectivity index (χ1) is 10.5. The Hall–Kier alpha value is -2.58. The third-order valence-corrected chi connectivity index (χ3v) is 3.53. The van der Waals surface area contributed by atoms with Crippen LogP contribution in [0.5, 0.6) is 5.75 Å². The van der Waals surface area contributed by atoms with Gasteiger partial charge in [-0.25, -0.2) is 5.43 Å². The number of aromatic hydroxyl groups is 1. The molecule has 110 valence electrons. The molecule has 2 aromatic rings. The summed E-state index contributed by atoms with van der Waals surface area (Å²) in [7, 11) is 0. The number of hydrazone groups is 1. The van der Waals surface area contributed by atoms with Crippen LogP contribution in [0, 0.1) is 19.3 Å². The van der Waals surface area contributed by atoms with E-state index in [-0.39, 0.29) is 11.7 Å². The molecule has 0 aliphatic heterocycles. The third-order valence-electron chi connectivity index (χ3n) is 2.92. The van der Waals surface area contributed by atoms with Crippen LogP contribution in [0.1, 0.15) is 27.0 Å². The number of terminal acetylenes is 1. The van der Waals surface area contributed by atoms with Crippen molar-refractivity contribution >= 4 is 28.1 Å². The maximum Gasteiger partial charge on any atom is 0.271 e. The standard InChI is InChI=1S/C17H13BrN2O2/c1-3-12-4-6-13(7-5-12)17(22)20-19-10-14-8-11(2)9-15(18)16(14)21/h1,4-10,21H,2H3,(H,20,22)/b19-10+. The van der Waals surface area contributed by atoms with E-state index in [0.29, 0.717) is 21.2 Å². The predicted molar refractivity (Wildman–Crippen MR) is 90.0 cm³/mol. The number of amides is 1. The Morgan fingerprint density at radius 3 is 2.68 bits per heavy atom. The Kier molecular flexibility index (Phi) is 4.97. The van der Waals surface area contributed by atoms with Crippen molar-refractivity contribution in [2.75, 3.05) is 0 Å². The molecule has 1 amide bonds. The van der Waals surface area contributed by atoms with Crippen LogP contribution in [0.15, 0.2) is 46.0 Å². The minimum absolute atomic E-state index is 0.0713. The normalized spacial score (nSPS) is 10.4. The molecule has 0 bridgehead atoms. The quantitative estimate of drug-likeness (QED) is 0.503. The smallest absolute Gasteiger partial charge is 0.271 e. The average Bonchev–Trinajstić information content (AvgIpc) is 2.51. The monoisotopic (exact) mass is 356 g/mol. The third kappa shape index (κ3) is 3.74. The second kappa shape index (κ2) is 6.92. The van der Waals surface area contributed by atoms with Crippen molar-refractivity contribution in [2.24, 2.45) is 5.10 Å². The number of phenols is 1. The van der Waals surface area contributed by atoms with E-state index < -0.39 is 0 Å². The van der Waals surface area contributed by atoms with E-state index >= 15 is 0 Å². The molecular formula is C17H13BrN2O2. The molecule has 2 N–H and O–H groups in total. The summed E-state index contributed by atoms with van der Waals surface area (Å²) in [6.07, 6.45) is 6.65. The fourth-order valence-electron chi connectivity index (χ4n) is 1.80. The van der Waals surface area contributed by atoms with E-state index in [2.05, 4.69) is 32.4 Å². The predicted octanol–water partition coefficient (Wildman–Crippen LogP) is 3.21. The van der Waals surface area contributed by atoms with E-state index in [4.69, 9.17) is 6.42 Å². The molecule has 0 aliphatic carbocycles. The van der Waals surface area contributed by atoms with Gasteiger partial charge in [0.25, 0.3) is 5.91 Å². The van der Waals surface area contributed by atoms with Crippen molar-refractivity contribution < 1.29 is 9.90 Å². The van der Waals surface area contributed by atoms with Gasteiger partial charge in [-0.1, -0.05) is 5.92 Å². The minimum Gasteiger partial charge on any atom is -0.506 e. The fraction of sp³-hybridized carbons (Fsp3) is 0.0588. The van der Waals surface area contributed by atoms with Gasteiger partial charge in [0.15, 0.2) is 0 Å². The van der Waals surface area contributed by atoms with Crippen LogP contribution in [0.3, 0.4) is 0 Å². The van der Waals surface area contributed by atoms with Crippen LogP contribution in [0.25, 0.3) is 0 Å². The van der Waals surface area contributed by atoms with Crippen molar-refractivity contribution in [3.8, 4) is 18.1 Å². The number of nitrogens with one attached hydrogen (secondary N) is 1. The van der Waals surface area contributed by atoms with Gasteiger partial charge in [-0.3, -0.25) is 4.79 Å². The Labute approximate surface area is 137 Å². The minimum atomic E-state index is -0.356. The number of nitrogens with zero attached hydrogens (tertiary/aromatic N) is 1. The van der Waals surface area contributed by atoms with Crippen LogP contribution in [-0.2, 0) is 0 Å². The zero-order valence-corrected chi connectivity index (χ0v) is 13.4. The van der Waals surface area contributed by atoms with Crippen LogP contribution in [-0.4, -0.2) is 17.2 Å². The van der Waals surface area contributed by atoms with E-state index in [1.54, 1.807) is 36.4 Å². The number of carbonyl (C=O) groups excluding carboxylic acids is 1. The molecule has 0 fully saturated rings. The fourth-order valence-corrected chi connectivity index (χ4v) is 2.39. The number of rotatable bonds is 3. The molecule has 0 saturated carbocycles. The van der Waals surface area contributed by atoms with Crippen LogP contribution < -0.4 is 5.43 Å². The van der Waals surface area contributed by atoms with Gasteiger partial charge in [0, 0.05) is 16.7 Å². The summed E-state index contributed by atoms with van der Waals surface area (Å²) in [5, 5.41) is 13.8. The molecule has 2 aromatic carbocycles. The summed E-state index contributed by atoms with van der Waals surface area (Å²) in [4.78, 5) is 11.9. The number of aryl methyl sites for hydroxylation is 1. The van der Waals surface area contributed by atoms with Gasteiger partial charge >= 0.3 is 0 Å². The van der Waals surface area contributed by atoms with Crippen molar-refractivity contribution in [3.63, 3.8) is 0 Å². The first kappa shape index (κ1) is 15.8. The number of hydrogen-bond acceptors (Lipinski definition) is 3. The van der Waals surface area contributed by atoms with E-state index in [9.17, 15) is 9.90 Å². The second-order valence-corrected chi connectivity index (χ2v) is 5.46. The number of hydrogen-bond donors (Lipinski definition) is 2. The molecule has 0 saturated heterocycles. The Morgan fingerprint density at radius 1 is 1.36 bits per heavy atom. The number of benzene rings is 2. The molecule has 0 aliphatic rings. The molecular weight excluding hydrogens is 344 g/mol. The number of carbonyl (C=O) groups is 1. The lowest BCUT2D eigenvalue weighted by atomic mass is 10.1. The summed E-state index contributed by atoms with van der Waals surface area (Å²) in [5.74, 6) is 2.20. The van der Waals surface area contributed by atoms with Gasteiger partial charge in [-0.2, -0.15) is 5.10 Å². The molecule has 5 heteroatoms. The maximum absolute atomic E-state index is 11.9. The molecule has 0 unspecified atom stereocenters. The zero-order valence-electron chi connectivity index (χ0n) is 11.8. The van der Waals surface area contributed by atoms with Gasteiger partial charge in [0.1, 0.15) is 5.75 Å². The van der Waals surface area contributed by atoms with E-state index in [0.717, 1.165) is 5.56 Å². The molecule has 0 aromatic heterocycles. The molecule has 0 heterocycles. The lowest BCUT2D eigenvalue weighted by molar-refractivity contribution is 0.0955.